The van der Waals surface area contributed by atoms with E-state index in [4.69, 9.17) is 0 Å². The van der Waals surface area contributed by atoms with Crippen LogP contribution < -0.4 is 10.2 Å². The fraction of sp³-hybridized carbons (Fsp3) is 0.526. The number of benzene rings is 1. The summed E-state index contributed by atoms with van der Waals surface area (Å²) in [5, 5.41) is 12.3. The molecule has 7 heteroatoms. The quantitative estimate of drug-likeness (QED) is 0.833. The summed E-state index contributed by atoms with van der Waals surface area (Å²) in [7, 11) is 3.94. The van der Waals surface area contributed by atoms with Crippen LogP contribution in [0.1, 0.15) is 24.8 Å². The molecule has 0 aliphatic carbocycles. The monoisotopic (exact) mass is 359 g/mol. The molecule has 7 nitrogen and oxygen atoms in total. The van der Waals surface area contributed by atoms with Crippen molar-refractivity contribution in [3.8, 4) is 0 Å². The number of aliphatic carboxylic acids is 1. The lowest BCUT2D eigenvalue weighted by Gasteiger charge is -2.41. The maximum absolute atomic E-state index is 12.6. The minimum absolute atomic E-state index is 0.0293. The fourth-order valence-electron chi connectivity index (χ4n) is 3.95. The number of carbonyl (C=O) groups excluding carboxylic acids is 2. The summed E-state index contributed by atoms with van der Waals surface area (Å²) >= 11 is 0. The van der Waals surface area contributed by atoms with E-state index in [1.807, 2.05) is 43.3 Å². The van der Waals surface area contributed by atoms with Crippen molar-refractivity contribution in [2.24, 2.45) is 5.92 Å². The molecule has 0 radical (unpaired) electrons. The zero-order valence-electron chi connectivity index (χ0n) is 15.2. The Balaban J connectivity index is 1.60. The van der Waals surface area contributed by atoms with Crippen LogP contribution in [-0.4, -0.2) is 60.5 Å². The van der Waals surface area contributed by atoms with Crippen LogP contribution >= 0.6 is 0 Å². The van der Waals surface area contributed by atoms with Crippen molar-refractivity contribution in [2.75, 3.05) is 32.1 Å². The Hall–Kier alpha value is -2.57. The maximum atomic E-state index is 12.6. The lowest BCUT2D eigenvalue weighted by atomic mass is 9.77. The van der Waals surface area contributed by atoms with E-state index >= 15 is 0 Å². The zero-order valence-corrected chi connectivity index (χ0v) is 15.2. The van der Waals surface area contributed by atoms with Gasteiger partial charge in [0, 0.05) is 39.3 Å². The Labute approximate surface area is 153 Å². The van der Waals surface area contributed by atoms with Crippen LogP contribution in [0, 0.1) is 5.92 Å². The van der Waals surface area contributed by atoms with Gasteiger partial charge in [0.05, 0.1) is 17.9 Å². The molecule has 0 unspecified atom stereocenters. The van der Waals surface area contributed by atoms with Crippen LogP contribution in [0.4, 0.5) is 5.69 Å². The first-order valence-electron chi connectivity index (χ1n) is 8.88. The highest BCUT2D eigenvalue weighted by molar-refractivity contribution is 5.88. The first-order chi connectivity index (χ1) is 12.3. The molecule has 140 valence electrons. The SMILES string of the molecule is CN(C)c1ccc(CC(=O)N2CCC3(CC2)NC(=O)C[C@H]3C(=O)O)cc1. The van der Waals surface area contributed by atoms with Gasteiger partial charge in [-0.2, -0.15) is 0 Å². The van der Waals surface area contributed by atoms with Gasteiger partial charge in [-0.3, -0.25) is 14.4 Å². The molecule has 0 aromatic heterocycles. The molecule has 0 bridgehead atoms. The van der Waals surface area contributed by atoms with Crippen LogP contribution in [0.2, 0.25) is 0 Å². The van der Waals surface area contributed by atoms with E-state index in [9.17, 15) is 19.5 Å². The number of nitrogens with zero attached hydrogens (tertiary/aromatic N) is 2. The summed E-state index contributed by atoms with van der Waals surface area (Å²) < 4.78 is 0. The number of hydrogen-bond donors (Lipinski definition) is 2. The molecule has 3 rings (SSSR count). The fourth-order valence-corrected chi connectivity index (χ4v) is 3.95. The number of amides is 2. The number of likely N-dealkylation sites (tertiary alicyclic amines) is 1. The van der Waals surface area contributed by atoms with E-state index in [2.05, 4.69) is 5.32 Å². The molecule has 1 aromatic carbocycles. The minimum atomic E-state index is -0.941. The number of hydrogen-bond acceptors (Lipinski definition) is 4. The van der Waals surface area contributed by atoms with Crippen molar-refractivity contribution in [3.63, 3.8) is 0 Å². The van der Waals surface area contributed by atoms with E-state index in [0.717, 1.165) is 11.3 Å². The zero-order chi connectivity index (χ0) is 18.9. The second-order valence-corrected chi connectivity index (χ2v) is 7.42. The summed E-state index contributed by atoms with van der Waals surface area (Å²) in [5.41, 5.74) is 1.34. The Morgan fingerprint density at radius 1 is 1.23 bits per heavy atom. The minimum Gasteiger partial charge on any atom is -0.481 e. The Morgan fingerprint density at radius 3 is 2.38 bits per heavy atom. The summed E-state index contributed by atoms with van der Waals surface area (Å²) in [5.74, 6) is -1.82. The summed E-state index contributed by atoms with van der Waals surface area (Å²) in [6.45, 7) is 0.942. The van der Waals surface area contributed by atoms with Gasteiger partial charge in [0.2, 0.25) is 11.8 Å². The van der Waals surface area contributed by atoms with Gasteiger partial charge in [-0.05, 0) is 30.5 Å². The third-order valence-electron chi connectivity index (χ3n) is 5.56. The third-order valence-corrected chi connectivity index (χ3v) is 5.56. The van der Waals surface area contributed by atoms with Crippen molar-refractivity contribution in [1.29, 1.82) is 0 Å². The molecule has 2 aliphatic rings. The number of carboxylic acid groups (broad SMARTS) is 1. The number of piperidine rings is 1. The Kier molecular flexibility index (Phi) is 4.89. The second-order valence-electron chi connectivity index (χ2n) is 7.42. The molecular weight excluding hydrogens is 334 g/mol. The predicted molar refractivity (Wildman–Crippen MR) is 96.9 cm³/mol. The van der Waals surface area contributed by atoms with Gasteiger partial charge in [-0.15, -0.1) is 0 Å². The summed E-state index contributed by atoms with van der Waals surface area (Å²) in [6.07, 6.45) is 1.33. The summed E-state index contributed by atoms with van der Waals surface area (Å²) in [6, 6.07) is 7.88. The molecule has 2 heterocycles. The average Bonchev–Trinajstić information content (AvgIpc) is 2.92. The van der Waals surface area contributed by atoms with E-state index in [1.165, 1.54) is 0 Å². The highest BCUT2D eigenvalue weighted by Gasteiger charge is 2.51. The predicted octanol–water partition coefficient (Wildman–Crippen LogP) is 0.877. The molecule has 26 heavy (non-hydrogen) atoms. The molecule has 1 atom stereocenters. The van der Waals surface area contributed by atoms with Crippen LogP contribution in [0.5, 0.6) is 0 Å². The van der Waals surface area contributed by atoms with E-state index < -0.39 is 17.4 Å². The molecular formula is C19H25N3O4. The second kappa shape index (κ2) is 6.97. The molecule has 2 aliphatic heterocycles. The number of rotatable bonds is 4. The highest BCUT2D eigenvalue weighted by Crippen LogP contribution is 2.37. The lowest BCUT2D eigenvalue weighted by Crippen LogP contribution is -2.56. The van der Waals surface area contributed by atoms with Gasteiger partial charge in [0.25, 0.3) is 0 Å². The molecule has 2 saturated heterocycles. The standard InChI is InChI=1S/C19H25N3O4/c1-21(2)14-5-3-13(4-6-14)11-17(24)22-9-7-19(8-10-22)15(18(25)26)12-16(23)20-19/h3-6,15H,7-12H2,1-2H3,(H,20,23)(H,25,26)/t15-/m0/s1. The van der Waals surface area contributed by atoms with Crippen LogP contribution in [0.15, 0.2) is 24.3 Å². The van der Waals surface area contributed by atoms with Gasteiger partial charge in [-0.1, -0.05) is 12.1 Å². The molecule has 0 saturated carbocycles. The molecule has 2 amide bonds. The topological polar surface area (TPSA) is 90.0 Å². The van der Waals surface area contributed by atoms with Crippen molar-refractivity contribution in [2.45, 2.75) is 31.2 Å². The van der Waals surface area contributed by atoms with Gasteiger partial charge in [-0.25, -0.2) is 0 Å². The van der Waals surface area contributed by atoms with Crippen LogP contribution in [-0.2, 0) is 20.8 Å². The number of nitrogens with one attached hydrogen (secondary N) is 1. The maximum Gasteiger partial charge on any atom is 0.309 e. The van der Waals surface area contributed by atoms with E-state index in [1.54, 1.807) is 4.90 Å². The smallest absolute Gasteiger partial charge is 0.309 e. The van der Waals surface area contributed by atoms with E-state index in [0.29, 0.717) is 32.4 Å². The average molecular weight is 359 g/mol. The molecule has 1 spiro atoms. The van der Waals surface area contributed by atoms with Crippen LogP contribution in [0.3, 0.4) is 0 Å². The number of carboxylic acids is 1. The first-order valence-corrected chi connectivity index (χ1v) is 8.88. The molecule has 2 N–H and O–H groups in total. The lowest BCUT2D eigenvalue weighted by molar-refractivity contribution is -0.145. The van der Waals surface area contributed by atoms with Crippen molar-refractivity contribution in [3.05, 3.63) is 29.8 Å². The Morgan fingerprint density at radius 2 is 1.85 bits per heavy atom. The number of carbonyl (C=O) groups is 3. The van der Waals surface area contributed by atoms with E-state index in [-0.39, 0.29) is 18.2 Å². The molecule has 2 fully saturated rings. The largest absolute Gasteiger partial charge is 0.481 e. The Bertz CT molecular complexity index is 706. The van der Waals surface area contributed by atoms with Crippen molar-refractivity contribution < 1.29 is 19.5 Å². The van der Waals surface area contributed by atoms with Gasteiger partial charge in [0.15, 0.2) is 0 Å². The van der Waals surface area contributed by atoms with Gasteiger partial charge in [0.1, 0.15) is 0 Å². The normalized spacial score (nSPS) is 21.5. The molecule has 1 aromatic rings. The van der Waals surface area contributed by atoms with Crippen molar-refractivity contribution in [1.82, 2.24) is 10.2 Å². The van der Waals surface area contributed by atoms with Crippen LogP contribution in [0.25, 0.3) is 0 Å². The van der Waals surface area contributed by atoms with Gasteiger partial charge >= 0.3 is 5.97 Å². The first kappa shape index (κ1) is 18.2. The summed E-state index contributed by atoms with van der Waals surface area (Å²) in [4.78, 5) is 39.5. The van der Waals surface area contributed by atoms with Gasteiger partial charge < -0.3 is 20.2 Å². The highest BCUT2D eigenvalue weighted by atomic mass is 16.4. The third kappa shape index (κ3) is 3.52. The number of anilines is 1. The van der Waals surface area contributed by atoms with Crippen molar-refractivity contribution >= 4 is 23.5 Å².